The summed E-state index contributed by atoms with van der Waals surface area (Å²) in [5.41, 5.74) is 5.50. The Labute approximate surface area is 164 Å². The van der Waals surface area contributed by atoms with Crippen molar-refractivity contribution >= 4 is 23.0 Å². The molecule has 144 valence electrons. The Kier molecular flexibility index (Phi) is 5.59. The Morgan fingerprint density at radius 1 is 1.11 bits per heavy atom. The maximum atomic E-state index is 5.52. The fourth-order valence-corrected chi connectivity index (χ4v) is 3.08. The molecule has 0 bridgehead atoms. The molecule has 0 unspecified atom stereocenters. The summed E-state index contributed by atoms with van der Waals surface area (Å²) in [4.78, 5) is 1.99. The van der Waals surface area contributed by atoms with Gasteiger partial charge in [-0.05, 0) is 33.0 Å². The molecule has 3 heterocycles. The van der Waals surface area contributed by atoms with Gasteiger partial charge in [0.2, 0.25) is 0 Å². The van der Waals surface area contributed by atoms with Gasteiger partial charge in [0.15, 0.2) is 5.11 Å². The largest absolute Gasteiger partial charge is 0.348 e. The summed E-state index contributed by atoms with van der Waals surface area (Å²) in [5, 5.41) is 17.0. The van der Waals surface area contributed by atoms with E-state index in [0.29, 0.717) is 18.2 Å². The highest BCUT2D eigenvalue weighted by Gasteiger charge is 2.11. The molecule has 0 atom stereocenters. The van der Waals surface area contributed by atoms with Gasteiger partial charge in [-0.15, -0.1) is 0 Å². The van der Waals surface area contributed by atoms with Crippen molar-refractivity contribution in [2.24, 2.45) is 7.05 Å². The first-order valence-corrected chi connectivity index (χ1v) is 9.33. The fraction of sp³-hybridized carbons (Fsp3) is 0.444. The van der Waals surface area contributed by atoms with E-state index in [0.717, 1.165) is 23.5 Å². The second kappa shape index (κ2) is 7.91. The van der Waals surface area contributed by atoms with Crippen molar-refractivity contribution in [2.45, 2.75) is 40.4 Å². The zero-order valence-corrected chi connectivity index (χ0v) is 17.3. The van der Waals surface area contributed by atoms with Crippen LogP contribution in [0.4, 0.5) is 5.69 Å². The van der Waals surface area contributed by atoms with E-state index in [1.807, 2.05) is 51.6 Å². The van der Waals surface area contributed by atoms with Crippen LogP contribution in [0.1, 0.15) is 29.4 Å². The number of nitrogens with one attached hydrogen (secondary N) is 1. The lowest BCUT2D eigenvalue weighted by molar-refractivity contribution is 0.506. The fourth-order valence-electron chi connectivity index (χ4n) is 2.89. The van der Waals surface area contributed by atoms with Gasteiger partial charge in [-0.25, -0.2) is 0 Å². The lowest BCUT2D eigenvalue weighted by atomic mass is 10.2. The highest BCUT2D eigenvalue weighted by atomic mass is 32.1. The van der Waals surface area contributed by atoms with Gasteiger partial charge in [0.05, 0.1) is 30.8 Å². The molecule has 9 heteroatoms. The van der Waals surface area contributed by atoms with Crippen LogP contribution >= 0.6 is 12.2 Å². The Hall–Kier alpha value is -2.68. The quantitative estimate of drug-likeness (QED) is 0.656. The molecular weight excluding hydrogens is 360 g/mol. The van der Waals surface area contributed by atoms with Crippen LogP contribution in [0.25, 0.3) is 0 Å². The third kappa shape index (κ3) is 4.19. The summed E-state index contributed by atoms with van der Waals surface area (Å²) in [6, 6.07) is 0. The van der Waals surface area contributed by atoms with Gasteiger partial charge in [0.1, 0.15) is 0 Å². The summed E-state index contributed by atoms with van der Waals surface area (Å²) in [7, 11) is 3.91. The minimum atomic E-state index is 0.646. The van der Waals surface area contributed by atoms with Gasteiger partial charge in [-0.3, -0.25) is 14.0 Å². The van der Waals surface area contributed by atoms with E-state index < -0.39 is 0 Å². The molecule has 0 spiro atoms. The molecule has 0 aliphatic rings. The van der Waals surface area contributed by atoms with Crippen molar-refractivity contribution in [2.75, 3.05) is 12.4 Å². The number of hydrogen-bond acceptors (Lipinski definition) is 4. The van der Waals surface area contributed by atoms with E-state index in [1.54, 1.807) is 6.20 Å². The van der Waals surface area contributed by atoms with Crippen LogP contribution in [0.15, 0.2) is 24.8 Å². The molecule has 1 N–H and O–H groups in total. The van der Waals surface area contributed by atoms with Gasteiger partial charge in [0.25, 0.3) is 0 Å². The average molecular weight is 387 g/mol. The van der Waals surface area contributed by atoms with Crippen molar-refractivity contribution in [3.63, 3.8) is 0 Å². The van der Waals surface area contributed by atoms with Crippen molar-refractivity contribution in [3.8, 4) is 0 Å². The maximum absolute atomic E-state index is 5.52. The monoisotopic (exact) mass is 386 g/mol. The Morgan fingerprint density at radius 2 is 1.85 bits per heavy atom. The molecule has 8 nitrogen and oxygen atoms in total. The second-order valence-corrected chi connectivity index (χ2v) is 7.05. The molecule has 0 aliphatic heterocycles. The first-order chi connectivity index (χ1) is 12.9. The van der Waals surface area contributed by atoms with Crippen LogP contribution in [0, 0.1) is 13.8 Å². The molecular formula is C18H26N8S. The molecule has 0 aromatic carbocycles. The van der Waals surface area contributed by atoms with Crippen LogP contribution in [0.3, 0.4) is 0 Å². The van der Waals surface area contributed by atoms with Crippen molar-refractivity contribution in [3.05, 3.63) is 47.3 Å². The number of aromatic nitrogens is 6. The molecule has 0 saturated heterocycles. The minimum Gasteiger partial charge on any atom is -0.348 e. The Bertz CT molecular complexity index is 935. The van der Waals surface area contributed by atoms with Crippen LogP contribution in [0.5, 0.6) is 0 Å². The highest BCUT2D eigenvalue weighted by Crippen LogP contribution is 2.13. The van der Waals surface area contributed by atoms with E-state index in [-0.39, 0.29) is 0 Å². The van der Waals surface area contributed by atoms with E-state index in [2.05, 4.69) is 41.4 Å². The summed E-state index contributed by atoms with van der Waals surface area (Å²) in [6.45, 7) is 8.48. The molecule has 0 amide bonds. The maximum Gasteiger partial charge on any atom is 0.173 e. The van der Waals surface area contributed by atoms with Crippen LogP contribution in [-0.2, 0) is 26.7 Å². The van der Waals surface area contributed by atoms with Crippen LogP contribution in [0.2, 0.25) is 0 Å². The van der Waals surface area contributed by atoms with E-state index >= 15 is 0 Å². The standard InChI is InChI=1S/C18H26N8S/c1-6-26-14(3)16(8-21-26)11-25-12-17(9-20-25)22-18(27)23(4)10-15-7-19-24(5)13(15)2/h7-9,12H,6,10-11H2,1-5H3,(H,22,27). The molecule has 0 aliphatic carbocycles. The van der Waals surface area contributed by atoms with Gasteiger partial charge < -0.3 is 10.2 Å². The third-order valence-corrected chi connectivity index (χ3v) is 5.23. The van der Waals surface area contributed by atoms with Crippen LogP contribution in [-0.4, -0.2) is 46.4 Å². The van der Waals surface area contributed by atoms with E-state index in [1.165, 1.54) is 11.3 Å². The number of thiocarbonyl (C=S) groups is 1. The summed E-state index contributed by atoms with van der Waals surface area (Å²) in [6.07, 6.45) is 7.53. The molecule has 0 saturated carbocycles. The predicted octanol–water partition coefficient (Wildman–Crippen LogP) is 2.33. The highest BCUT2D eigenvalue weighted by molar-refractivity contribution is 7.80. The third-order valence-electron chi connectivity index (χ3n) is 4.81. The van der Waals surface area contributed by atoms with Gasteiger partial charge in [-0.2, -0.15) is 15.3 Å². The SMILES string of the molecule is CCn1ncc(Cn2cc(NC(=S)N(C)Cc3cnn(C)c3C)cn2)c1C. The predicted molar refractivity (Wildman–Crippen MR) is 110 cm³/mol. The number of nitrogens with zero attached hydrogens (tertiary/aromatic N) is 7. The molecule has 27 heavy (non-hydrogen) atoms. The number of anilines is 1. The van der Waals surface area contributed by atoms with E-state index in [9.17, 15) is 0 Å². The van der Waals surface area contributed by atoms with Gasteiger partial charge in [-0.1, -0.05) is 0 Å². The van der Waals surface area contributed by atoms with Gasteiger partial charge in [0, 0.05) is 55.9 Å². The van der Waals surface area contributed by atoms with Crippen molar-refractivity contribution in [1.82, 2.24) is 34.2 Å². The Balaban J connectivity index is 1.60. The smallest absolute Gasteiger partial charge is 0.173 e. The topological polar surface area (TPSA) is 68.7 Å². The molecule has 0 radical (unpaired) electrons. The lowest BCUT2D eigenvalue weighted by Gasteiger charge is -2.20. The van der Waals surface area contributed by atoms with Gasteiger partial charge >= 0.3 is 0 Å². The average Bonchev–Trinajstić information content (AvgIpc) is 3.32. The molecule has 3 aromatic rings. The van der Waals surface area contributed by atoms with Crippen molar-refractivity contribution < 1.29 is 0 Å². The molecule has 0 fully saturated rings. The summed E-state index contributed by atoms with van der Waals surface area (Å²) in [5.74, 6) is 0. The van der Waals surface area contributed by atoms with E-state index in [4.69, 9.17) is 12.2 Å². The molecule has 3 rings (SSSR count). The van der Waals surface area contributed by atoms with Crippen molar-refractivity contribution in [1.29, 1.82) is 0 Å². The zero-order valence-electron chi connectivity index (χ0n) is 16.5. The number of rotatable bonds is 6. The molecule has 3 aromatic heterocycles. The summed E-state index contributed by atoms with van der Waals surface area (Å²) >= 11 is 5.52. The normalized spacial score (nSPS) is 11.0. The number of hydrogen-bond donors (Lipinski definition) is 1. The first kappa shape index (κ1) is 19.1. The zero-order chi connectivity index (χ0) is 19.6. The minimum absolute atomic E-state index is 0.646. The Morgan fingerprint density at radius 3 is 2.48 bits per heavy atom. The second-order valence-electron chi connectivity index (χ2n) is 6.66. The number of aryl methyl sites for hydroxylation is 2. The summed E-state index contributed by atoms with van der Waals surface area (Å²) < 4.78 is 5.75. The lowest BCUT2D eigenvalue weighted by Crippen LogP contribution is -2.30. The van der Waals surface area contributed by atoms with Crippen LogP contribution < -0.4 is 5.32 Å². The first-order valence-electron chi connectivity index (χ1n) is 8.92.